The Morgan fingerprint density at radius 3 is 2.52 bits per heavy atom. The molecular weight excluding hydrogens is 410 g/mol. The molecule has 0 aliphatic heterocycles. The van der Waals surface area contributed by atoms with Crippen LogP contribution in [0.1, 0.15) is 33.2 Å². The topological polar surface area (TPSA) is 70.2 Å². The summed E-state index contributed by atoms with van der Waals surface area (Å²) < 4.78 is 13.0. The van der Waals surface area contributed by atoms with Crippen molar-refractivity contribution in [2.75, 3.05) is 12.9 Å². The molecule has 0 saturated heterocycles. The standard InChI is InChI=1S/C24H23N3O3S/c1-16-13-21(17(2)27(16)19-7-5-4-6-8-19)22(28)15-31-24-26-25-23(30-24)14-18-9-11-20(29-3)12-10-18/h4-13H,14-15H2,1-3H3. The van der Waals surface area contributed by atoms with Gasteiger partial charge in [0.25, 0.3) is 5.22 Å². The van der Waals surface area contributed by atoms with Crippen LogP contribution in [0.5, 0.6) is 5.75 Å². The van der Waals surface area contributed by atoms with E-state index in [9.17, 15) is 4.79 Å². The van der Waals surface area contributed by atoms with Crippen LogP contribution in [0.25, 0.3) is 5.69 Å². The van der Waals surface area contributed by atoms with Gasteiger partial charge < -0.3 is 13.7 Å². The number of aromatic nitrogens is 3. The first kappa shape index (κ1) is 20.9. The Balaban J connectivity index is 1.40. The van der Waals surface area contributed by atoms with Crippen LogP contribution >= 0.6 is 11.8 Å². The molecule has 0 atom stereocenters. The number of carbonyl (C=O) groups is 1. The van der Waals surface area contributed by atoms with E-state index in [1.165, 1.54) is 11.8 Å². The molecule has 6 nitrogen and oxygen atoms in total. The van der Waals surface area contributed by atoms with Crippen molar-refractivity contribution in [2.24, 2.45) is 0 Å². The van der Waals surface area contributed by atoms with Crippen molar-refractivity contribution >= 4 is 17.5 Å². The highest BCUT2D eigenvalue weighted by atomic mass is 32.2. The van der Waals surface area contributed by atoms with Gasteiger partial charge in [-0.1, -0.05) is 42.1 Å². The lowest BCUT2D eigenvalue weighted by atomic mass is 10.1. The fraction of sp³-hybridized carbons (Fsp3) is 0.208. The molecule has 31 heavy (non-hydrogen) atoms. The van der Waals surface area contributed by atoms with E-state index in [-0.39, 0.29) is 11.5 Å². The molecule has 0 N–H and O–H groups in total. The second-order valence-electron chi connectivity index (χ2n) is 7.15. The minimum Gasteiger partial charge on any atom is -0.497 e. The predicted molar refractivity (Wildman–Crippen MR) is 120 cm³/mol. The molecule has 7 heteroatoms. The van der Waals surface area contributed by atoms with E-state index in [0.29, 0.717) is 23.1 Å². The van der Waals surface area contributed by atoms with Crippen LogP contribution in [0.15, 0.2) is 70.3 Å². The number of methoxy groups -OCH3 is 1. The molecule has 2 heterocycles. The van der Waals surface area contributed by atoms with Crippen molar-refractivity contribution < 1.29 is 13.9 Å². The van der Waals surface area contributed by atoms with E-state index in [2.05, 4.69) is 14.8 Å². The summed E-state index contributed by atoms with van der Waals surface area (Å²) >= 11 is 1.26. The number of ketones is 1. The quantitative estimate of drug-likeness (QED) is 0.286. The van der Waals surface area contributed by atoms with Gasteiger partial charge in [-0.3, -0.25) is 4.79 Å². The molecule has 158 valence electrons. The Kier molecular flexibility index (Phi) is 6.23. The van der Waals surface area contributed by atoms with Crippen molar-refractivity contribution in [3.05, 3.63) is 89.1 Å². The number of ether oxygens (including phenoxy) is 1. The normalized spacial score (nSPS) is 10.9. The second kappa shape index (κ2) is 9.22. The monoisotopic (exact) mass is 433 g/mol. The van der Waals surface area contributed by atoms with E-state index in [1.54, 1.807) is 7.11 Å². The molecule has 0 fully saturated rings. The third kappa shape index (κ3) is 4.72. The predicted octanol–water partition coefficient (Wildman–Crippen LogP) is 5.05. The van der Waals surface area contributed by atoms with Crippen molar-refractivity contribution in [2.45, 2.75) is 25.5 Å². The summed E-state index contributed by atoms with van der Waals surface area (Å²) in [5.74, 6) is 1.59. The van der Waals surface area contributed by atoms with Crippen LogP contribution in [-0.4, -0.2) is 33.4 Å². The maximum absolute atomic E-state index is 12.9. The van der Waals surface area contributed by atoms with Crippen LogP contribution in [-0.2, 0) is 6.42 Å². The minimum atomic E-state index is 0.0372. The zero-order chi connectivity index (χ0) is 21.8. The summed E-state index contributed by atoms with van der Waals surface area (Å²) in [5.41, 5.74) is 4.76. The lowest BCUT2D eigenvalue weighted by molar-refractivity contribution is 0.102. The van der Waals surface area contributed by atoms with Crippen molar-refractivity contribution in [1.82, 2.24) is 14.8 Å². The van der Waals surface area contributed by atoms with Gasteiger partial charge in [-0.15, -0.1) is 10.2 Å². The van der Waals surface area contributed by atoms with Gasteiger partial charge in [-0.05, 0) is 49.7 Å². The van der Waals surface area contributed by atoms with Gasteiger partial charge in [0, 0.05) is 22.6 Å². The molecule has 0 saturated carbocycles. The van der Waals surface area contributed by atoms with Crippen LogP contribution in [0, 0.1) is 13.8 Å². The summed E-state index contributed by atoms with van der Waals surface area (Å²) in [6.45, 7) is 3.98. The van der Waals surface area contributed by atoms with Gasteiger partial charge in [0.1, 0.15) is 5.75 Å². The first-order valence-corrected chi connectivity index (χ1v) is 10.9. The first-order chi connectivity index (χ1) is 15.0. The van der Waals surface area contributed by atoms with Gasteiger partial charge in [-0.25, -0.2) is 0 Å². The van der Waals surface area contributed by atoms with Crippen molar-refractivity contribution in [1.29, 1.82) is 0 Å². The van der Waals surface area contributed by atoms with Gasteiger partial charge >= 0.3 is 0 Å². The molecule has 0 radical (unpaired) electrons. The van der Waals surface area contributed by atoms with E-state index in [1.807, 2.05) is 74.5 Å². The fourth-order valence-electron chi connectivity index (χ4n) is 3.51. The highest BCUT2D eigenvalue weighted by Gasteiger charge is 2.18. The second-order valence-corrected chi connectivity index (χ2v) is 8.08. The number of benzene rings is 2. The zero-order valence-corrected chi connectivity index (χ0v) is 18.5. The Morgan fingerprint density at radius 2 is 1.81 bits per heavy atom. The van der Waals surface area contributed by atoms with Crippen LogP contribution in [0.4, 0.5) is 0 Å². The first-order valence-electron chi connectivity index (χ1n) is 9.91. The molecule has 0 aliphatic carbocycles. The molecule has 2 aromatic carbocycles. The van der Waals surface area contributed by atoms with Gasteiger partial charge in [0.2, 0.25) is 5.89 Å². The van der Waals surface area contributed by atoms with E-state index < -0.39 is 0 Å². The highest BCUT2D eigenvalue weighted by Crippen LogP contribution is 2.24. The summed E-state index contributed by atoms with van der Waals surface area (Å²) in [4.78, 5) is 12.9. The molecule has 2 aromatic heterocycles. The summed E-state index contributed by atoms with van der Waals surface area (Å²) in [6, 6.07) is 19.7. The maximum Gasteiger partial charge on any atom is 0.277 e. The number of rotatable bonds is 8. The maximum atomic E-state index is 12.9. The van der Waals surface area contributed by atoms with Gasteiger partial charge in [0.15, 0.2) is 5.78 Å². The number of Topliss-reactive ketones (excluding diaryl/α,β-unsaturated/α-hetero) is 1. The lowest BCUT2D eigenvalue weighted by Gasteiger charge is -2.09. The molecule has 0 unspecified atom stereocenters. The molecule has 0 aliphatic rings. The highest BCUT2D eigenvalue weighted by molar-refractivity contribution is 7.99. The number of aryl methyl sites for hydroxylation is 1. The Bertz CT molecular complexity index is 1180. The average Bonchev–Trinajstić information content (AvgIpc) is 3.36. The van der Waals surface area contributed by atoms with E-state index in [0.717, 1.165) is 28.4 Å². The van der Waals surface area contributed by atoms with Crippen LogP contribution < -0.4 is 4.74 Å². The number of nitrogens with zero attached hydrogens (tertiary/aromatic N) is 3. The summed E-state index contributed by atoms with van der Waals surface area (Å²) in [7, 11) is 1.64. The zero-order valence-electron chi connectivity index (χ0n) is 17.7. The van der Waals surface area contributed by atoms with E-state index in [4.69, 9.17) is 9.15 Å². The molecule has 0 amide bonds. The number of thioether (sulfide) groups is 1. The van der Waals surface area contributed by atoms with Crippen LogP contribution in [0.3, 0.4) is 0 Å². The molecule has 4 rings (SSSR count). The number of carbonyl (C=O) groups excluding carboxylic acids is 1. The SMILES string of the molecule is COc1ccc(Cc2nnc(SCC(=O)c3cc(C)n(-c4ccccc4)c3C)o2)cc1. The van der Waals surface area contributed by atoms with Crippen LogP contribution in [0.2, 0.25) is 0 Å². The summed E-state index contributed by atoms with van der Waals surface area (Å²) in [6.07, 6.45) is 0.531. The minimum absolute atomic E-state index is 0.0372. The van der Waals surface area contributed by atoms with Crippen molar-refractivity contribution in [3.8, 4) is 11.4 Å². The molecular formula is C24H23N3O3S. The Labute approximate surface area is 185 Å². The lowest BCUT2D eigenvalue weighted by Crippen LogP contribution is -2.05. The average molecular weight is 434 g/mol. The smallest absolute Gasteiger partial charge is 0.277 e. The summed E-state index contributed by atoms with van der Waals surface area (Å²) in [5, 5.41) is 8.56. The number of hydrogen-bond donors (Lipinski definition) is 0. The molecule has 0 spiro atoms. The third-order valence-electron chi connectivity index (χ3n) is 5.04. The van der Waals surface area contributed by atoms with Gasteiger partial charge in [0.05, 0.1) is 19.3 Å². The molecule has 0 bridgehead atoms. The third-order valence-corrected chi connectivity index (χ3v) is 5.85. The molecule has 4 aromatic rings. The largest absolute Gasteiger partial charge is 0.497 e. The van der Waals surface area contributed by atoms with Gasteiger partial charge in [-0.2, -0.15) is 0 Å². The van der Waals surface area contributed by atoms with E-state index >= 15 is 0 Å². The Hall–Kier alpha value is -3.32. The number of para-hydroxylation sites is 1. The van der Waals surface area contributed by atoms with Crippen molar-refractivity contribution in [3.63, 3.8) is 0 Å². The Morgan fingerprint density at radius 1 is 1.06 bits per heavy atom. The fourth-order valence-corrected chi connectivity index (χ4v) is 4.17. The number of hydrogen-bond acceptors (Lipinski definition) is 6.